The van der Waals surface area contributed by atoms with Crippen LogP contribution in [0.4, 0.5) is 0 Å². The molecule has 0 aliphatic carbocycles. The Morgan fingerprint density at radius 3 is 2.53 bits per heavy atom. The second kappa shape index (κ2) is 3.44. The molecule has 0 spiro atoms. The van der Waals surface area contributed by atoms with Crippen LogP contribution in [-0.2, 0) is 0 Å². The van der Waals surface area contributed by atoms with Gasteiger partial charge in [-0.25, -0.2) is 4.79 Å². The molecule has 0 aliphatic heterocycles. The Hall–Kier alpha value is -1.74. The summed E-state index contributed by atoms with van der Waals surface area (Å²) in [4.78, 5) is 10.7. The van der Waals surface area contributed by atoms with Gasteiger partial charge in [-0.3, -0.25) is 0 Å². The Balaban J connectivity index is 2.72. The van der Waals surface area contributed by atoms with Crippen LogP contribution in [0.15, 0.2) is 30.3 Å². The minimum atomic E-state index is -0.985. The van der Waals surface area contributed by atoms with Crippen LogP contribution < -0.4 is 0 Å². The van der Waals surface area contributed by atoms with E-state index in [1.807, 2.05) is 0 Å². The largest absolute Gasteiger partial charge is 0.506 e. The van der Waals surface area contributed by atoms with E-state index >= 15 is 0 Å². The Labute approximate surface area is 90.5 Å². The summed E-state index contributed by atoms with van der Waals surface area (Å²) in [5.74, 6) is -0.992. The zero-order valence-electron chi connectivity index (χ0n) is 7.57. The number of fused-ring (bicyclic) bond motifs is 1. The predicted octanol–water partition coefficient (Wildman–Crippen LogP) is 2.90. The Kier molecular flexibility index (Phi) is 2.25. The van der Waals surface area contributed by atoms with Gasteiger partial charge in [0.1, 0.15) is 5.75 Å². The molecule has 2 aromatic rings. The van der Waals surface area contributed by atoms with Crippen LogP contribution in [0, 0.1) is 0 Å². The van der Waals surface area contributed by atoms with Crippen molar-refractivity contribution < 1.29 is 15.0 Å². The van der Waals surface area contributed by atoms with E-state index in [4.69, 9.17) is 16.7 Å². The molecule has 0 heterocycles. The molecule has 76 valence electrons. The number of carboxylic acids is 1. The quantitative estimate of drug-likeness (QED) is 0.780. The normalized spacial score (nSPS) is 10.5. The van der Waals surface area contributed by atoms with Crippen LogP contribution in [0.25, 0.3) is 10.8 Å². The summed E-state index contributed by atoms with van der Waals surface area (Å²) in [5.41, 5.74) is 0.198. The highest BCUT2D eigenvalue weighted by molar-refractivity contribution is 6.32. The first-order chi connectivity index (χ1) is 7.08. The Morgan fingerprint density at radius 1 is 1.13 bits per heavy atom. The fourth-order valence-electron chi connectivity index (χ4n) is 1.39. The van der Waals surface area contributed by atoms with E-state index < -0.39 is 5.97 Å². The van der Waals surface area contributed by atoms with Crippen LogP contribution in [0.2, 0.25) is 5.02 Å². The van der Waals surface area contributed by atoms with Crippen LogP contribution in [0.3, 0.4) is 0 Å². The molecule has 2 rings (SSSR count). The highest BCUT2D eigenvalue weighted by Gasteiger charge is 2.06. The molecule has 0 atom stereocenters. The van der Waals surface area contributed by atoms with Crippen molar-refractivity contribution in [2.45, 2.75) is 0 Å². The highest BCUT2D eigenvalue weighted by atomic mass is 35.5. The zero-order valence-corrected chi connectivity index (χ0v) is 8.32. The van der Waals surface area contributed by atoms with Crippen molar-refractivity contribution in [3.05, 3.63) is 40.9 Å². The molecule has 0 unspecified atom stereocenters. The van der Waals surface area contributed by atoms with Gasteiger partial charge in [0.2, 0.25) is 0 Å². The van der Waals surface area contributed by atoms with Gasteiger partial charge in [-0.2, -0.15) is 0 Å². The van der Waals surface area contributed by atoms with Crippen LogP contribution in [-0.4, -0.2) is 16.2 Å². The minimum absolute atomic E-state index is 0.00718. The summed E-state index contributed by atoms with van der Waals surface area (Å²) in [6.45, 7) is 0. The van der Waals surface area contributed by atoms with E-state index in [-0.39, 0.29) is 16.3 Å². The maximum Gasteiger partial charge on any atom is 0.335 e. The number of phenols is 1. The first kappa shape index (κ1) is 9.80. The van der Waals surface area contributed by atoms with E-state index in [0.29, 0.717) is 5.39 Å². The average Bonchev–Trinajstić information content (AvgIpc) is 2.19. The van der Waals surface area contributed by atoms with Crippen molar-refractivity contribution in [3.8, 4) is 5.75 Å². The number of carboxylic acid groups (broad SMARTS) is 1. The van der Waals surface area contributed by atoms with E-state index in [9.17, 15) is 9.90 Å². The molecule has 0 saturated heterocycles. The lowest BCUT2D eigenvalue weighted by Crippen LogP contribution is -1.95. The number of halogens is 1. The maximum atomic E-state index is 10.7. The average molecular weight is 223 g/mol. The minimum Gasteiger partial charge on any atom is -0.506 e. The molecule has 3 nitrogen and oxygen atoms in total. The molecule has 0 amide bonds. The molecule has 2 N–H and O–H groups in total. The second-order valence-electron chi connectivity index (χ2n) is 3.17. The van der Waals surface area contributed by atoms with Crippen LogP contribution in [0.1, 0.15) is 10.4 Å². The van der Waals surface area contributed by atoms with Gasteiger partial charge in [0.05, 0.1) is 10.6 Å². The number of aromatic carboxylic acids is 1. The maximum absolute atomic E-state index is 10.7. The van der Waals surface area contributed by atoms with Gasteiger partial charge in [0.25, 0.3) is 0 Å². The lowest BCUT2D eigenvalue weighted by Gasteiger charge is -2.02. The van der Waals surface area contributed by atoms with Crippen molar-refractivity contribution in [1.82, 2.24) is 0 Å². The molecule has 0 fully saturated rings. The number of aromatic hydroxyl groups is 1. The van der Waals surface area contributed by atoms with Crippen LogP contribution in [0.5, 0.6) is 5.75 Å². The van der Waals surface area contributed by atoms with Gasteiger partial charge in [0.15, 0.2) is 0 Å². The molecular weight excluding hydrogens is 216 g/mol. The van der Waals surface area contributed by atoms with Crippen molar-refractivity contribution in [2.24, 2.45) is 0 Å². The van der Waals surface area contributed by atoms with Gasteiger partial charge < -0.3 is 10.2 Å². The topological polar surface area (TPSA) is 57.5 Å². The van der Waals surface area contributed by atoms with Crippen LogP contribution >= 0.6 is 11.6 Å². The van der Waals surface area contributed by atoms with E-state index in [0.717, 1.165) is 5.39 Å². The highest BCUT2D eigenvalue weighted by Crippen LogP contribution is 2.29. The monoisotopic (exact) mass is 222 g/mol. The number of hydrogen-bond donors (Lipinski definition) is 2. The van der Waals surface area contributed by atoms with Crippen molar-refractivity contribution in [2.75, 3.05) is 0 Å². The predicted molar refractivity (Wildman–Crippen MR) is 57.6 cm³/mol. The molecule has 15 heavy (non-hydrogen) atoms. The standard InChI is InChI=1S/C11H7ClO3/c12-9-4-8-3-7(11(14)15)2-1-6(8)5-10(9)13/h1-5,13H,(H,14,15). The summed E-state index contributed by atoms with van der Waals surface area (Å²) >= 11 is 5.72. The Bertz CT molecular complexity index is 549. The van der Waals surface area contributed by atoms with Gasteiger partial charge in [0, 0.05) is 0 Å². The summed E-state index contributed by atoms with van der Waals surface area (Å²) in [6, 6.07) is 7.68. The first-order valence-electron chi connectivity index (χ1n) is 4.23. The molecule has 0 radical (unpaired) electrons. The number of phenolic OH excluding ortho intramolecular Hbond substituents is 1. The van der Waals surface area contributed by atoms with E-state index in [1.54, 1.807) is 12.1 Å². The number of carbonyl (C=O) groups is 1. The van der Waals surface area contributed by atoms with Crippen molar-refractivity contribution in [1.29, 1.82) is 0 Å². The van der Waals surface area contributed by atoms with Crippen molar-refractivity contribution >= 4 is 28.3 Å². The number of hydrogen-bond acceptors (Lipinski definition) is 2. The summed E-state index contributed by atoms with van der Waals surface area (Å²) < 4.78 is 0. The SMILES string of the molecule is O=C(O)c1ccc2cc(O)c(Cl)cc2c1. The fourth-order valence-corrected chi connectivity index (χ4v) is 1.56. The molecule has 4 heteroatoms. The van der Waals surface area contributed by atoms with Gasteiger partial charge in [-0.1, -0.05) is 17.7 Å². The number of rotatable bonds is 1. The van der Waals surface area contributed by atoms with Gasteiger partial charge in [-0.15, -0.1) is 0 Å². The first-order valence-corrected chi connectivity index (χ1v) is 4.61. The lowest BCUT2D eigenvalue weighted by atomic mass is 10.1. The third kappa shape index (κ3) is 1.74. The summed E-state index contributed by atoms with van der Waals surface area (Å²) in [5, 5.41) is 19.8. The van der Waals surface area contributed by atoms with Gasteiger partial charge >= 0.3 is 5.97 Å². The lowest BCUT2D eigenvalue weighted by molar-refractivity contribution is 0.0697. The second-order valence-corrected chi connectivity index (χ2v) is 3.58. The molecule has 2 aromatic carbocycles. The van der Waals surface area contributed by atoms with E-state index in [1.165, 1.54) is 18.2 Å². The molecule has 0 bridgehead atoms. The smallest absolute Gasteiger partial charge is 0.335 e. The third-order valence-electron chi connectivity index (χ3n) is 2.15. The molecule has 0 aromatic heterocycles. The zero-order chi connectivity index (χ0) is 11.0. The van der Waals surface area contributed by atoms with Crippen molar-refractivity contribution in [3.63, 3.8) is 0 Å². The summed E-state index contributed by atoms with van der Waals surface area (Å²) in [6.07, 6.45) is 0. The Morgan fingerprint density at radius 2 is 1.87 bits per heavy atom. The molecule has 0 aliphatic rings. The molecular formula is C11H7ClO3. The van der Waals surface area contributed by atoms with E-state index in [2.05, 4.69) is 0 Å². The third-order valence-corrected chi connectivity index (χ3v) is 2.46. The fraction of sp³-hybridized carbons (Fsp3) is 0. The number of benzene rings is 2. The molecule has 0 saturated carbocycles. The summed E-state index contributed by atoms with van der Waals surface area (Å²) in [7, 11) is 0. The van der Waals surface area contributed by atoms with Gasteiger partial charge in [-0.05, 0) is 35.0 Å².